The van der Waals surface area contributed by atoms with E-state index in [2.05, 4.69) is 4.98 Å². The molecule has 0 radical (unpaired) electrons. The summed E-state index contributed by atoms with van der Waals surface area (Å²) < 4.78 is 1.59. The molecular weight excluding hydrogens is 180 g/mol. The molecule has 0 aliphatic heterocycles. The molecule has 4 nitrogen and oxygen atoms in total. The van der Waals surface area contributed by atoms with Crippen molar-refractivity contribution in [2.24, 2.45) is 5.92 Å². The van der Waals surface area contributed by atoms with Crippen LogP contribution in [0.3, 0.4) is 0 Å². The molecule has 1 N–H and O–H groups in total. The molecule has 0 fully saturated rings. The van der Waals surface area contributed by atoms with Crippen LogP contribution in [0.2, 0.25) is 0 Å². The Hall–Kier alpha value is -1.16. The van der Waals surface area contributed by atoms with Crippen LogP contribution in [0.15, 0.2) is 10.9 Å². The van der Waals surface area contributed by atoms with Crippen molar-refractivity contribution < 1.29 is 5.11 Å². The van der Waals surface area contributed by atoms with Gasteiger partial charge in [-0.05, 0) is 19.8 Å². The Morgan fingerprint density at radius 3 is 2.71 bits per heavy atom. The van der Waals surface area contributed by atoms with Crippen LogP contribution in [0.25, 0.3) is 0 Å². The number of rotatable bonds is 3. The minimum absolute atomic E-state index is 0.0460. The summed E-state index contributed by atoms with van der Waals surface area (Å²) in [6, 6.07) is 1.51. The topological polar surface area (TPSA) is 55.1 Å². The van der Waals surface area contributed by atoms with Crippen LogP contribution >= 0.6 is 0 Å². The second-order valence-corrected chi connectivity index (χ2v) is 3.68. The van der Waals surface area contributed by atoms with Crippen molar-refractivity contribution in [2.75, 3.05) is 6.61 Å². The zero-order valence-electron chi connectivity index (χ0n) is 8.82. The van der Waals surface area contributed by atoms with Crippen LogP contribution in [0.4, 0.5) is 0 Å². The summed E-state index contributed by atoms with van der Waals surface area (Å²) >= 11 is 0. The highest BCUT2D eigenvalue weighted by Crippen LogP contribution is 2.00. The van der Waals surface area contributed by atoms with Gasteiger partial charge < -0.3 is 5.11 Å². The fourth-order valence-electron chi connectivity index (χ4n) is 1.36. The maximum Gasteiger partial charge on any atom is 0.253 e. The first-order valence-corrected chi connectivity index (χ1v) is 4.70. The summed E-state index contributed by atoms with van der Waals surface area (Å²) in [7, 11) is 0. The lowest BCUT2D eigenvalue weighted by atomic mass is 10.2. The molecule has 1 rings (SSSR count). The monoisotopic (exact) mass is 196 g/mol. The normalized spacial score (nSPS) is 12.9. The maximum absolute atomic E-state index is 11.6. The van der Waals surface area contributed by atoms with Crippen LogP contribution in [0.1, 0.15) is 18.4 Å². The van der Waals surface area contributed by atoms with E-state index < -0.39 is 0 Å². The van der Waals surface area contributed by atoms with Gasteiger partial charge in [-0.25, -0.2) is 4.98 Å². The van der Waals surface area contributed by atoms with Gasteiger partial charge in [-0.1, -0.05) is 6.92 Å². The third kappa shape index (κ3) is 2.42. The largest absolute Gasteiger partial charge is 0.396 e. The Morgan fingerprint density at radius 1 is 1.57 bits per heavy atom. The van der Waals surface area contributed by atoms with Crippen LogP contribution in [-0.4, -0.2) is 21.3 Å². The first-order chi connectivity index (χ1) is 6.54. The number of aliphatic hydroxyl groups is 1. The number of nitrogens with zero attached hydrogens (tertiary/aromatic N) is 2. The predicted molar refractivity (Wildman–Crippen MR) is 54.2 cm³/mol. The minimum Gasteiger partial charge on any atom is -0.396 e. The maximum atomic E-state index is 11.6. The summed E-state index contributed by atoms with van der Waals surface area (Å²) in [6.07, 6.45) is 0. The van der Waals surface area contributed by atoms with Crippen molar-refractivity contribution >= 4 is 0 Å². The summed E-state index contributed by atoms with van der Waals surface area (Å²) in [5.41, 5.74) is 0.690. The van der Waals surface area contributed by atoms with Gasteiger partial charge in [0.05, 0.1) is 0 Å². The molecule has 1 aromatic heterocycles. The average Bonchev–Trinajstić information content (AvgIpc) is 2.10. The lowest BCUT2D eigenvalue weighted by Gasteiger charge is -2.13. The van der Waals surface area contributed by atoms with Gasteiger partial charge >= 0.3 is 0 Å². The average molecular weight is 196 g/mol. The van der Waals surface area contributed by atoms with Gasteiger partial charge in [-0.3, -0.25) is 9.36 Å². The second-order valence-electron chi connectivity index (χ2n) is 3.68. The Kier molecular flexibility index (Phi) is 3.41. The van der Waals surface area contributed by atoms with Gasteiger partial charge in [0.1, 0.15) is 5.82 Å². The number of hydrogen-bond acceptors (Lipinski definition) is 3. The molecule has 0 spiro atoms. The quantitative estimate of drug-likeness (QED) is 0.765. The smallest absolute Gasteiger partial charge is 0.253 e. The lowest BCUT2D eigenvalue weighted by molar-refractivity contribution is 0.220. The SMILES string of the molecule is Cc1cc(=O)n(CC(C)CO)c(C)n1. The van der Waals surface area contributed by atoms with E-state index in [0.717, 1.165) is 5.69 Å². The molecule has 0 saturated heterocycles. The van der Waals surface area contributed by atoms with Gasteiger partial charge in [-0.2, -0.15) is 0 Å². The Labute approximate surface area is 83.2 Å². The van der Waals surface area contributed by atoms with E-state index >= 15 is 0 Å². The summed E-state index contributed by atoms with van der Waals surface area (Å²) in [4.78, 5) is 15.8. The van der Waals surface area contributed by atoms with Gasteiger partial charge in [-0.15, -0.1) is 0 Å². The number of aryl methyl sites for hydroxylation is 2. The van der Waals surface area contributed by atoms with Crippen molar-refractivity contribution in [3.05, 3.63) is 27.9 Å². The molecule has 78 valence electrons. The first-order valence-electron chi connectivity index (χ1n) is 4.70. The predicted octanol–water partition coefficient (Wildman–Crippen LogP) is 0.489. The highest BCUT2D eigenvalue weighted by molar-refractivity contribution is 5.01. The molecule has 1 unspecified atom stereocenters. The van der Waals surface area contributed by atoms with E-state index in [-0.39, 0.29) is 18.1 Å². The molecule has 14 heavy (non-hydrogen) atoms. The molecule has 0 aliphatic rings. The molecule has 4 heteroatoms. The van der Waals surface area contributed by atoms with Gasteiger partial charge in [0.2, 0.25) is 0 Å². The van der Waals surface area contributed by atoms with Crippen molar-refractivity contribution in [1.82, 2.24) is 9.55 Å². The molecule has 1 heterocycles. The highest BCUT2D eigenvalue weighted by atomic mass is 16.3. The highest BCUT2D eigenvalue weighted by Gasteiger charge is 2.06. The fourth-order valence-corrected chi connectivity index (χ4v) is 1.36. The Bertz CT molecular complexity index is 371. The molecule has 0 amide bonds. The Balaban J connectivity index is 3.03. The van der Waals surface area contributed by atoms with Gasteiger partial charge in [0.15, 0.2) is 0 Å². The summed E-state index contributed by atoms with van der Waals surface area (Å²) in [5.74, 6) is 0.784. The second kappa shape index (κ2) is 4.37. The molecule has 1 atom stereocenters. The van der Waals surface area contributed by atoms with Crippen molar-refractivity contribution in [3.8, 4) is 0 Å². The van der Waals surface area contributed by atoms with Gasteiger partial charge in [0, 0.05) is 24.9 Å². The standard InChI is InChI=1S/C10H16N2O2/c1-7(6-13)5-12-9(3)11-8(2)4-10(12)14/h4,7,13H,5-6H2,1-3H3. The number of hydrogen-bond donors (Lipinski definition) is 1. The van der Waals surface area contributed by atoms with E-state index in [1.54, 1.807) is 18.4 Å². The molecule has 0 aromatic carbocycles. The zero-order valence-corrected chi connectivity index (χ0v) is 8.82. The molecule has 0 saturated carbocycles. The third-order valence-electron chi connectivity index (χ3n) is 2.13. The zero-order chi connectivity index (χ0) is 10.7. The number of aromatic nitrogens is 2. The van der Waals surface area contributed by atoms with E-state index in [1.165, 1.54) is 6.07 Å². The van der Waals surface area contributed by atoms with Crippen molar-refractivity contribution in [1.29, 1.82) is 0 Å². The van der Waals surface area contributed by atoms with Gasteiger partial charge in [0.25, 0.3) is 5.56 Å². The molecule has 0 bridgehead atoms. The first kappa shape index (κ1) is 10.9. The van der Waals surface area contributed by atoms with Crippen LogP contribution in [-0.2, 0) is 6.54 Å². The van der Waals surface area contributed by atoms with Crippen LogP contribution in [0, 0.1) is 19.8 Å². The van der Waals surface area contributed by atoms with E-state index in [0.29, 0.717) is 12.4 Å². The van der Waals surface area contributed by atoms with Crippen LogP contribution in [0.5, 0.6) is 0 Å². The summed E-state index contributed by atoms with van der Waals surface area (Å²) in [6.45, 7) is 6.10. The van der Waals surface area contributed by atoms with E-state index in [9.17, 15) is 4.79 Å². The van der Waals surface area contributed by atoms with E-state index in [1.807, 2.05) is 6.92 Å². The van der Waals surface area contributed by atoms with Crippen molar-refractivity contribution in [3.63, 3.8) is 0 Å². The molecule has 0 aliphatic carbocycles. The lowest BCUT2D eigenvalue weighted by Crippen LogP contribution is -2.27. The molecular formula is C10H16N2O2. The van der Waals surface area contributed by atoms with E-state index in [4.69, 9.17) is 5.11 Å². The Morgan fingerprint density at radius 2 is 2.21 bits per heavy atom. The summed E-state index contributed by atoms with van der Waals surface area (Å²) in [5, 5.41) is 8.90. The molecule has 1 aromatic rings. The van der Waals surface area contributed by atoms with Crippen LogP contribution < -0.4 is 5.56 Å². The third-order valence-corrected chi connectivity index (χ3v) is 2.13. The van der Waals surface area contributed by atoms with Crippen molar-refractivity contribution in [2.45, 2.75) is 27.3 Å². The minimum atomic E-state index is -0.0460. The number of aliphatic hydroxyl groups excluding tert-OH is 1. The fraction of sp³-hybridized carbons (Fsp3) is 0.600.